The molecular formula is C104H126N8. The zero-order valence-electron chi connectivity index (χ0n) is 71.7. The monoisotopic (exact) mass is 1490 g/mol. The average molecular weight is 1490 g/mol. The van der Waals surface area contributed by atoms with E-state index < -0.39 is 0 Å². The molecule has 0 bridgehead atoms. The first kappa shape index (κ1) is 88.5. The molecule has 0 fully saturated rings. The van der Waals surface area contributed by atoms with Crippen molar-refractivity contribution < 1.29 is 0 Å². The molecule has 5 aromatic heterocycles. The molecule has 8 nitrogen and oxygen atoms in total. The van der Waals surface area contributed by atoms with E-state index in [1.54, 1.807) is 0 Å². The predicted molar refractivity (Wildman–Crippen MR) is 479 cm³/mol. The van der Waals surface area contributed by atoms with E-state index in [0.29, 0.717) is 11.8 Å². The lowest BCUT2D eigenvalue weighted by Crippen LogP contribution is -2.02. The first-order chi connectivity index (χ1) is 53.5. The first-order valence-corrected chi connectivity index (χ1v) is 40.1. The molecule has 0 spiro atoms. The molecule has 0 amide bonds. The molecule has 0 saturated heterocycles. The number of pyridine rings is 2. The summed E-state index contributed by atoms with van der Waals surface area (Å²) in [7, 11) is 0. The van der Waals surface area contributed by atoms with Gasteiger partial charge in [0.25, 0.3) is 0 Å². The second-order valence-electron chi connectivity index (χ2n) is 31.7. The Morgan fingerprint density at radius 3 is 0.875 bits per heavy atom. The summed E-state index contributed by atoms with van der Waals surface area (Å²) < 4.78 is 0. The van der Waals surface area contributed by atoms with Gasteiger partial charge in [-0.25, -0.2) is 19.9 Å². The van der Waals surface area contributed by atoms with Gasteiger partial charge in [-0.2, -0.15) is 10.2 Å². The molecule has 582 valence electrons. The van der Waals surface area contributed by atoms with Crippen molar-refractivity contribution in [3.63, 3.8) is 0 Å². The minimum atomic E-state index is 0.709. The van der Waals surface area contributed by atoms with Crippen LogP contribution in [0.4, 0.5) is 0 Å². The summed E-state index contributed by atoms with van der Waals surface area (Å²) in [6.07, 6.45) is 41.2. The van der Waals surface area contributed by atoms with Gasteiger partial charge in [-0.3, -0.25) is 9.97 Å². The summed E-state index contributed by atoms with van der Waals surface area (Å²) in [5, 5.41) is 7.66. The van der Waals surface area contributed by atoms with Crippen molar-refractivity contribution in [1.82, 2.24) is 40.1 Å². The highest BCUT2D eigenvalue weighted by molar-refractivity contribution is 5.62. The number of rotatable bonds is 0. The number of aryl methyl sites for hydroxylation is 18. The zero-order chi connectivity index (χ0) is 81.2. The van der Waals surface area contributed by atoms with Gasteiger partial charge >= 0.3 is 0 Å². The van der Waals surface area contributed by atoms with E-state index in [4.69, 9.17) is 0 Å². The second kappa shape index (κ2) is 45.6. The van der Waals surface area contributed by atoms with Crippen LogP contribution in [0.15, 0.2) is 229 Å². The van der Waals surface area contributed by atoms with Crippen molar-refractivity contribution in [3.8, 4) is 0 Å². The molecule has 0 aliphatic heterocycles. The van der Waals surface area contributed by atoms with Crippen LogP contribution in [-0.4, -0.2) is 40.1 Å². The van der Waals surface area contributed by atoms with Gasteiger partial charge in [-0.05, 0) is 328 Å². The van der Waals surface area contributed by atoms with Crippen LogP contribution in [0.2, 0.25) is 0 Å². The molecule has 2 atom stereocenters. The van der Waals surface area contributed by atoms with Gasteiger partial charge in [0.15, 0.2) is 0 Å². The Morgan fingerprint density at radius 2 is 0.554 bits per heavy atom. The van der Waals surface area contributed by atoms with E-state index >= 15 is 0 Å². The van der Waals surface area contributed by atoms with E-state index in [9.17, 15) is 0 Å². The molecule has 2 unspecified atom stereocenters. The molecule has 0 radical (unpaired) electrons. The number of hydrogen-bond donors (Lipinski definition) is 0. The van der Waals surface area contributed by atoms with Crippen LogP contribution in [0.3, 0.4) is 0 Å². The maximum Gasteiger partial charge on any atom is 0.125 e. The Labute approximate surface area is 674 Å². The van der Waals surface area contributed by atoms with Crippen LogP contribution in [-0.2, 0) is 51.4 Å². The molecule has 17 rings (SSSR count). The van der Waals surface area contributed by atoms with Gasteiger partial charge in [0, 0.05) is 48.6 Å². The van der Waals surface area contributed by atoms with E-state index in [0.717, 1.165) is 71.2 Å². The maximum atomic E-state index is 4.08. The van der Waals surface area contributed by atoms with Gasteiger partial charge in [-0.1, -0.05) is 239 Å². The summed E-state index contributed by atoms with van der Waals surface area (Å²) in [5.74, 6) is 3.08. The third-order valence-electron chi connectivity index (χ3n) is 19.7. The molecule has 0 N–H and O–H groups in total. The minimum absolute atomic E-state index is 0.709. The highest BCUT2D eigenvalue weighted by Crippen LogP contribution is 2.29. The van der Waals surface area contributed by atoms with Crippen LogP contribution in [0.5, 0.6) is 0 Å². The smallest absolute Gasteiger partial charge is 0.125 e. The van der Waals surface area contributed by atoms with E-state index in [2.05, 4.69) is 293 Å². The topological polar surface area (TPSA) is 103 Å². The maximum absolute atomic E-state index is 4.08. The highest BCUT2D eigenvalue weighted by Gasteiger charge is 2.13. The third-order valence-corrected chi connectivity index (χ3v) is 19.7. The summed E-state index contributed by atoms with van der Waals surface area (Å²) in [5.41, 5.74) is 40.7. The van der Waals surface area contributed by atoms with Crippen LogP contribution < -0.4 is 0 Å². The molecule has 112 heavy (non-hydrogen) atoms. The Morgan fingerprint density at radius 1 is 0.250 bits per heavy atom. The Hall–Kier alpha value is -10.7. The van der Waals surface area contributed by atoms with Gasteiger partial charge < -0.3 is 0 Å². The Kier molecular flexibility index (Phi) is 36.0. The van der Waals surface area contributed by atoms with Crippen molar-refractivity contribution in [2.75, 3.05) is 0 Å². The van der Waals surface area contributed by atoms with E-state index in [1.165, 1.54) is 172 Å². The largest absolute Gasteiger partial charge is 0.261 e. The Balaban J connectivity index is 0.000000172. The van der Waals surface area contributed by atoms with Crippen molar-refractivity contribution in [2.45, 2.75) is 217 Å². The van der Waals surface area contributed by atoms with Crippen molar-refractivity contribution in [2.24, 2.45) is 11.8 Å². The van der Waals surface area contributed by atoms with Gasteiger partial charge in [0.2, 0.25) is 0 Å². The summed E-state index contributed by atoms with van der Waals surface area (Å²) in [6, 6.07) is 52.5. The highest BCUT2D eigenvalue weighted by atomic mass is 15.1. The van der Waals surface area contributed by atoms with Crippen LogP contribution in [0.25, 0.3) is 24.3 Å². The SMILES string of the molecule is CC1=CCc2cc(C)ccc2C1.CC1=CCc2cc(C)ccc2C1.CC1=Cc2ccc(C)cc2CC1.CC1=Cc2ccc(C)cc2CC1.Cc1ccc(C)nc1.Cc1ccc(C)nc1.Cc1ccc(C)nn1.Cc1ccc2c(c1)C=CC(C)C2.Cc1ccc2c(c1)C=CC(C)C2.Cc1cnc(C)nc1.Cc1cnc(C)nc1. The quantitative estimate of drug-likeness (QED) is 0.138. The molecule has 8 heteroatoms. The van der Waals surface area contributed by atoms with E-state index in [-0.39, 0.29) is 0 Å². The lowest BCUT2D eigenvalue weighted by molar-refractivity contribution is 0.717. The minimum Gasteiger partial charge on any atom is -0.261 e. The molecule has 6 aliphatic carbocycles. The summed E-state index contributed by atoms with van der Waals surface area (Å²) in [4.78, 5) is 24.0. The average Bonchev–Trinajstić information content (AvgIpc) is 0.868. The number of nitrogens with zero attached hydrogens (tertiary/aromatic N) is 8. The molecule has 6 aromatic carbocycles. The van der Waals surface area contributed by atoms with Crippen LogP contribution in [0, 0.1) is 123 Å². The van der Waals surface area contributed by atoms with Gasteiger partial charge in [0.05, 0.1) is 11.4 Å². The fraction of sp³-hybridized carbons (Fsp3) is 0.327. The molecule has 5 heterocycles. The van der Waals surface area contributed by atoms with Gasteiger partial charge in [-0.15, -0.1) is 0 Å². The summed E-state index contributed by atoms with van der Waals surface area (Å²) in [6.45, 7) is 45.9. The first-order valence-electron chi connectivity index (χ1n) is 40.1. The van der Waals surface area contributed by atoms with Crippen molar-refractivity contribution in [1.29, 1.82) is 0 Å². The van der Waals surface area contributed by atoms with Crippen LogP contribution in [0.1, 0.15) is 211 Å². The normalized spacial score (nSPS) is 14.3. The zero-order valence-corrected chi connectivity index (χ0v) is 71.7. The second-order valence-corrected chi connectivity index (χ2v) is 31.7. The predicted octanol–water partition coefficient (Wildman–Crippen LogP) is 25.8. The van der Waals surface area contributed by atoms with Gasteiger partial charge in [0.1, 0.15) is 11.6 Å². The summed E-state index contributed by atoms with van der Waals surface area (Å²) >= 11 is 0. The third kappa shape index (κ3) is 32.7. The van der Waals surface area contributed by atoms with Crippen LogP contribution >= 0.6 is 0 Å². The lowest BCUT2D eigenvalue weighted by Gasteiger charge is -2.15. The number of fused-ring (bicyclic) bond motifs is 6. The molecular weight excluding hydrogens is 1360 g/mol. The van der Waals surface area contributed by atoms with Crippen molar-refractivity contribution in [3.05, 3.63) is 386 Å². The number of aromatic nitrogens is 8. The Bertz CT molecular complexity index is 4400. The fourth-order valence-corrected chi connectivity index (χ4v) is 13.0. The standard InChI is InChI=1S/6C12H14.2C7H9N.3C6H8N2/c6*1-9-3-5-12-8-10(2)4-6-11(12)7-9;2*1-6-3-4-7(2)8-5-6;2*1-5-3-7-6(2)8-4-5;1-5-3-4-6(2)8-7-5/h2*3,5,7-8H,4,6H2,1-2H3;2*3-5,7H,6,8H2,1-2H3;2*3-7,10H,8H2,1-2H3;2*3-5H,1-2H3;3*3-4H,1-2H3. The number of hydrogen-bond acceptors (Lipinski definition) is 8. The fourth-order valence-electron chi connectivity index (χ4n) is 13.0. The molecule has 11 aromatic rings. The van der Waals surface area contributed by atoms with E-state index in [1.807, 2.05) is 131 Å². The van der Waals surface area contributed by atoms with Crippen molar-refractivity contribution >= 4 is 24.3 Å². The lowest BCUT2D eigenvalue weighted by atomic mass is 9.90. The molecule has 6 aliphatic rings. The number of benzene rings is 6. The number of allylic oxidation sites excluding steroid dienone is 8. The molecule has 0 saturated carbocycles.